The van der Waals surface area contributed by atoms with Gasteiger partial charge in [0.1, 0.15) is 40.4 Å². The van der Waals surface area contributed by atoms with Crippen LogP contribution < -0.4 is 24.7 Å². The molecule has 154 valence electrons. The molecular weight excluding hydrogens is 382 g/mol. The van der Waals surface area contributed by atoms with E-state index in [4.69, 9.17) is 24.7 Å². The summed E-state index contributed by atoms with van der Waals surface area (Å²) in [5.41, 5.74) is 9.65. The number of nitriles is 1. The van der Waals surface area contributed by atoms with Gasteiger partial charge >= 0.3 is 0 Å². The zero-order valence-electron chi connectivity index (χ0n) is 17.6. The molecule has 7 heteroatoms. The minimum Gasteiger partial charge on any atom is -0.496 e. The van der Waals surface area contributed by atoms with Crippen LogP contribution in [0.4, 0.5) is 5.82 Å². The first-order chi connectivity index (χ1) is 14.5. The number of methoxy groups -OCH3 is 4. The molecule has 0 radical (unpaired) electrons. The number of anilines is 1. The van der Waals surface area contributed by atoms with Crippen molar-refractivity contribution in [2.24, 2.45) is 0 Å². The van der Waals surface area contributed by atoms with Gasteiger partial charge in [0.25, 0.3) is 0 Å². The third kappa shape index (κ3) is 3.44. The first-order valence-corrected chi connectivity index (χ1v) is 9.14. The van der Waals surface area contributed by atoms with E-state index < -0.39 is 0 Å². The summed E-state index contributed by atoms with van der Waals surface area (Å²) < 4.78 is 22.2. The van der Waals surface area contributed by atoms with Crippen LogP contribution in [0.5, 0.6) is 23.0 Å². The Balaban J connectivity index is 2.55. The number of hydrogen-bond acceptors (Lipinski definition) is 7. The molecule has 2 N–H and O–H groups in total. The van der Waals surface area contributed by atoms with E-state index in [9.17, 15) is 5.26 Å². The number of benzene rings is 2. The summed E-state index contributed by atoms with van der Waals surface area (Å²) in [6.45, 7) is 1.84. The largest absolute Gasteiger partial charge is 0.496 e. The van der Waals surface area contributed by atoms with Crippen LogP contribution in [0.15, 0.2) is 36.4 Å². The van der Waals surface area contributed by atoms with E-state index in [1.807, 2.05) is 31.2 Å². The molecule has 0 atom stereocenters. The molecule has 1 heterocycles. The predicted octanol–water partition coefficient (Wildman–Crippen LogP) is 4.21. The summed E-state index contributed by atoms with van der Waals surface area (Å²) in [6, 6.07) is 13.2. The highest BCUT2D eigenvalue weighted by atomic mass is 16.5. The van der Waals surface area contributed by atoms with Gasteiger partial charge in [-0.15, -0.1) is 0 Å². The Bertz CT molecular complexity index is 1110. The van der Waals surface area contributed by atoms with Gasteiger partial charge in [0.2, 0.25) is 0 Å². The summed E-state index contributed by atoms with van der Waals surface area (Å²) in [6.07, 6.45) is 0. The van der Waals surface area contributed by atoms with E-state index in [0.29, 0.717) is 45.4 Å². The van der Waals surface area contributed by atoms with Crippen molar-refractivity contribution in [3.05, 3.63) is 47.7 Å². The van der Waals surface area contributed by atoms with Gasteiger partial charge in [0, 0.05) is 34.5 Å². The lowest BCUT2D eigenvalue weighted by atomic mass is 9.88. The summed E-state index contributed by atoms with van der Waals surface area (Å²) in [4.78, 5) is 4.42. The van der Waals surface area contributed by atoms with Crippen molar-refractivity contribution in [1.82, 2.24) is 4.98 Å². The van der Waals surface area contributed by atoms with Gasteiger partial charge in [-0.1, -0.05) is 18.2 Å². The maximum Gasteiger partial charge on any atom is 0.142 e. The fourth-order valence-electron chi connectivity index (χ4n) is 3.52. The summed E-state index contributed by atoms with van der Waals surface area (Å²) >= 11 is 0. The van der Waals surface area contributed by atoms with Crippen LogP contribution in [-0.4, -0.2) is 33.4 Å². The van der Waals surface area contributed by atoms with E-state index in [1.165, 1.54) is 0 Å². The normalized spacial score (nSPS) is 10.3. The first kappa shape index (κ1) is 20.8. The van der Waals surface area contributed by atoms with E-state index in [-0.39, 0.29) is 11.4 Å². The Hall–Kier alpha value is -3.92. The molecule has 3 aromatic rings. The fourth-order valence-corrected chi connectivity index (χ4v) is 3.52. The van der Waals surface area contributed by atoms with Gasteiger partial charge in [-0.05, 0) is 13.0 Å². The van der Waals surface area contributed by atoms with Crippen LogP contribution >= 0.6 is 0 Å². The number of aryl methyl sites for hydroxylation is 1. The SMILES string of the molecule is COc1cc(OC)c(-c2c(C#N)c(N)nc(C)c2-c2ccccc2OC)c(OC)c1. The van der Waals surface area contributed by atoms with Crippen LogP contribution in [0.25, 0.3) is 22.3 Å². The zero-order chi connectivity index (χ0) is 21.8. The van der Waals surface area contributed by atoms with Crippen molar-refractivity contribution in [1.29, 1.82) is 5.26 Å². The molecule has 0 spiro atoms. The number of hydrogen-bond donors (Lipinski definition) is 1. The summed E-state index contributed by atoms with van der Waals surface area (Å²) in [7, 11) is 6.25. The van der Waals surface area contributed by atoms with E-state index in [1.54, 1.807) is 40.6 Å². The summed E-state index contributed by atoms with van der Waals surface area (Å²) in [5, 5.41) is 9.97. The second-order valence-corrected chi connectivity index (χ2v) is 6.43. The Labute approximate surface area is 175 Å². The number of nitrogens with two attached hydrogens (primary N) is 1. The smallest absolute Gasteiger partial charge is 0.142 e. The van der Waals surface area contributed by atoms with Crippen molar-refractivity contribution in [3.8, 4) is 51.3 Å². The molecule has 0 aliphatic carbocycles. The highest BCUT2D eigenvalue weighted by Crippen LogP contribution is 2.49. The van der Waals surface area contributed by atoms with Gasteiger partial charge in [0.05, 0.1) is 34.0 Å². The molecule has 0 aliphatic rings. The highest BCUT2D eigenvalue weighted by Gasteiger charge is 2.27. The molecule has 0 aliphatic heterocycles. The number of para-hydroxylation sites is 1. The van der Waals surface area contributed by atoms with E-state index >= 15 is 0 Å². The van der Waals surface area contributed by atoms with Gasteiger partial charge < -0.3 is 24.7 Å². The Kier molecular flexibility index (Phi) is 5.98. The minimum atomic E-state index is 0.128. The van der Waals surface area contributed by atoms with Gasteiger partial charge in [-0.25, -0.2) is 4.98 Å². The van der Waals surface area contributed by atoms with Crippen LogP contribution in [0, 0.1) is 18.3 Å². The van der Waals surface area contributed by atoms with Crippen LogP contribution in [0.2, 0.25) is 0 Å². The third-order valence-corrected chi connectivity index (χ3v) is 4.86. The van der Waals surface area contributed by atoms with E-state index in [2.05, 4.69) is 11.1 Å². The van der Waals surface area contributed by atoms with Crippen molar-refractivity contribution in [3.63, 3.8) is 0 Å². The van der Waals surface area contributed by atoms with E-state index in [0.717, 1.165) is 5.56 Å². The van der Waals surface area contributed by atoms with Crippen LogP contribution in [0.1, 0.15) is 11.3 Å². The molecule has 0 fully saturated rings. The molecule has 1 aromatic heterocycles. The van der Waals surface area contributed by atoms with Gasteiger partial charge in [-0.2, -0.15) is 5.26 Å². The maximum absolute atomic E-state index is 9.97. The fraction of sp³-hybridized carbons (Fsp3) is 0.217. The first-order valence-electron chi connectivity index (χ1n) is 9.14. The third-order valence-electron chi connectivity index (χ3n) is 4.86. The second kappa shape index (κ2) is 8.62. The molecular formula is C23H23N3O4. The monoisotopic (exact) mass is 405 g/mol. The lowest BCUT2D eigenvalue weighted by Crippen LogP contribution is -2.06. The predicted molar refractivity (Wildman–Crippen MR) is 115 cm³/mol. The van der Waals surface area contributed by atoms with Crippen molar-refractivity contribution in [2.45, 2.75) is 6.92 Å². The average Bonchev–Trinajstić information content (AvgIpc) is 2.77. The highest BCUT2D eigenvalue weighted by molar-refractivity contribution is 5.97. The van der Waals surface area contributed by atoms with Crippen molar-refractivity contribution < 1.29 is 18.9 Å². The molecule has 3 rings (SSSR count). The number of nitrogens with zero attached hydrogens (tertiary/aromatic N) is 2. The Morgan fingerprint density at radius 3 is 1.97 bits per heavy atom. The molecule has 7 nitrogen and oxygen atoms in total. The van der Waals surface area contributed by atoms with Crippen molar-refractivity contribution in [2.75, 3.05) is 34.2 Å². The maximum atomic E-state index is 9.97. The van der Waals surface area contributed by atoms with Crippen LogP contribution in [0.3, 0.4) is 0 Å². The lowest BCUT2D eigenvalue weighted by molar-refractivity contribution is 0.377. The molecule has 0 bridgehead atoms. The number of rotatable bonds is 6. The zero-order valence-corrected chi connectivity index (χ0v) is 17.6. The second-order valence-electron chi connectivity index (χ2n) is 6.43. The van der Waals surface area contributed by atoms with Gasteiger partial charge in [0.15, 0.2) is 0 Å². The Morgan fingerprint density at radius 1 is 0.833 bits per heavy atom. The lowest BCUT2D eigenvalue weighted by Gasteiger charge is -2.21. The van der Waals surface area contributed by atoms with Crippen LogP contribution in [-0.2, 0) is 0 Å². The quantitative estimate of drug-likeness (QED) is 0.655. The molecule has 0 amide bonds. The number of aromatic nitrogens is 1. The minimum absolute atomic E-state index is 0.128. The number of nitrogen functional groups attached to an aromatic ring is 1. The number of ether oxygens (including phenoxy) is 4. The molecule has 0 saturated carbocycles. The molecule has 30 heavy (non-hydrogen) atoms. The molecule has 2 aromatic carbocycles. The number of pyridine rings is 1. The molecule has 0 saturated heterocycles. The average molecular weight is 405 g/mol. The Morgan fingerprint density at radius 2 is 1.43 bits per heavy atom. The van der Waals surface area contributed by atoms with Gasteiger partial charge in [-0.3, -0.25) is 0 Å². The standard InChI is InChI=1S/C23H23N3O4/c1-13-20(15-8-6-7-9-17(15)28-3)21(16(12-24)23(25)26-13)22-18(29-4)10-14(27-2)11-19(22)30-5/h6-11H,1-5H3,(H2,25,26). The topological polar surface area (TPSA) is 99.6 Å². The molecule has 0 unspecified atom stereocenters. The summed E-state index contributed by atoms with van der Waals surface area (Å²) in [5.74, 6) is 2.28. The van der Waals surface area contributed by atoms with Crippen molar-refractivity contribution >= 4 is 5.82 Å².